The second-order valence-electron chi connectivity index (χ2n) is 6.81. The highest BCUT2D eigenvalue weighted by Crippen LogP contribution is 2.52. The molecule has 1 rings (SSSR count). The summed E-state index contributed by atoms with van der Waals surface area (Å²) in [7, 11) is 0. The molecule has 1 aliphatic rings. The smallest absolute Gasteiger partial charge is 0.0329 e. The third-order valence-corrected chi connectivity index (χ3v) is 5.10. The zero-order valence-corrected chi connectivity index (χ0v) is 12.3. The number of hydrogen-bond donors (Lipinski definition) is 0. The zero-order valence-electron chi connectivity index (χ0n) is 12.3. The highest BCUT2D eigenvalue weighted by Gasteiger charge is 2.46. The molecule has 96 valence electrons. The Hall–Kier alpha value is 0. The van der Waals surface area contributed by atoms with E-state index >= 15 is 0 Å². The van der Waals surface area contributed by atoms with Crippen molar-refractivity contribution in [2.45, 2.75) is 67.2 Å². The number of hydrogen-bond acceptors (Lipinski definition) is 0. The lowest BCUT2D eigenvalue weighted by atomic mass is 9.85. The van der Waals surface area contributed by atoms with Crippen molar-refractivity contribution in [1.29, 1.82) is 0 Å². The normalized spacial score (nSPS) is 32.8. The summed E-state index contributed by atoms with van der Waals surface area (Å²) < 4.78 is 0. The molecule has 0 bridgehead atoms. The van der Waals surface area contributed by atoms with Crippen LogP contribution in [0.5, 0.6) is 0 Å². The Bertz CT molecular complexity index is 186. The lowest BCUT2D eigenvalue weighted by molar-refractivity contribution is 0.298. The molecule has 0 heterocycles. The van der Waals surface area contributed by atoms with Crippen LogP contribution in [0.4, 0.5) is 0 Å². The fourth-order valence-corrected chi connectivity index (χ4v) is 3.32. The summed E-state index contributed by atoms with van der Waals surface area (Å²) in [6, 6.07) is 0. The van der Waals surface area contributed by atoms with Crippen LogP contribution < -0.4 is 0 Å². The van der Waals surface area contributed by atoms with Gasteiger partial charge in [0.05, 0.1) is 0 Å². The molecular formula is C16H32. The van der Waals surface area contributed by atoms with Gasteiger partial charge in [0.25, 0.3) is 0 Å². The van der Waals surface area contributed by atoms with Gasteiger partial charge in [-0.15, -0.1) is 0 Å². The van der Waals surface area contributed by atoms with Crippen molar-refractivity contribution in [1.82, 2.24) is 0 Å². The first kappa shape index (κ1) is 14.1. The van der Waals surface area contributed by atoms with Crippen LogP contribution >= 0.6 is 0 Å². The first-order chi connectivity index (χ1) is 7.45. The zero-order chi connectivity index (χ0) is 12.3. The van der Waals surface area contributed by atoms with Crippen molar-refractivity contribution < 1.29 is 0 Å². The predicted molar refractivity (Wildman–Crippen MR) is 73.5 cm³/mol. The Morgan fingerprint density at radius 3 is 1.75 bits per heavy atom. The SMILES string of the molecule is CC(C)CCCCC(C)C(C)C1C(C)C1C. The van der Waals surface area contributed by atoms with E-state index in [4.69, 9.17) is 0 Å². The molecular weight excluding hydrogens is 192 g/mol. The molecule has 0 nitrogen and oxygen atoms in total. The van der Waals surface area contributed by atoms with Gasteiger partial charge in [0, 0.05) is 0 Å². The molecule has 0 heteroatoms. The molecule has 1 aliphatic carbocycles. The van der Waals surface area contributed by atoms with Crippen molar-refractivity contribution in [2.75, 3.05) is 0 Å². The monoisotopic (exact) mass is 224 g/mol. The van der Waals surface area contributed by atoms with Crippen LogP contribution in [0, 0.1) is 35.5 Å². The van der Waals surface area contributed by atoms with Crippen LogP contribution in [0.1, 0.15) is 67.2 Å². The number of unbranched alkanes of at least 4 members (excludes halogenated alkanes) is 1. The van der Waals surface area contributed by atoms with Crippen molar-refractivity contribution in [2.24, 2.45) is 35.5 Å². The van der Waals surface area contributed by atoms with Crippen molar-refractivity contribution >= 4 is 0 Å². The molecule has 0 spiro atoms. The van der Waals surface area contributed by atoms with Crippen molar-refractivity contribution in [3.8, 4) is 0 Å². The van der Waals surface area contributed by atoms with E-state index in [1.165, 1.54) is 25.7 Å². The maximum Gasteiger partial charge on any atom is -0.0329 e. The van der Waals surface area contributed by atoms with Gasteiger partial charge in [0.2, 0.25) is 0 Å². The van der Waals surface area contributed by atoms with Gasteiger partial charge in [-0.1, -0.05) is 67.2 Å². The highest BCUT2D eigenvalue weighted by molar-refractivity contribution is 4.95. The molecule has 0 aromatic rings. The molecule has 4 unspecified atom stereocenters. The molecule has 1 fully saturated rings. The third kappa shape index (κ3) is 3.79. The average molecular weight is 224 g/mol. The second kappa shape index (κ2) is 6.07. The lowest BCUT2D eigenvalue weighted by Gasteiger charge is -2.20. The van der Waals surface area contributed by atoms with Gasteiger partial charge in [-0.25, -0.2) is 0 Å². The van der Waals surface area contributed by atoms with Gasteiger partial charge < -0.3 is 0 Å². The minimum atomic E-state index is 0.885. The Kier molecular flexibility index (Phi) is 5.34. The van der Waals surface area contributed by atoms with E-state index in [0.717, 1.165) is 35.5 Å². The first-order valence-corrected chi connectivity index (χ1v) is 7.45. The Morgan fingerprint density at radius 1 is 0.812 bits per heavy atom. The molecule has 4 atom stereocenters. The molecule has 0 aromatic heterocycles. The molecule has 16 heavy (non-hydrogen) atoms. The summed E-state index contributed by atoms with van der Waals surface area (Å²) in [4.78, 5) is 0. The van der Waals surface area contributed by atoms with Crippen molar-refractivity contribution in [3.05, 3.63) is 0 Å². The van der Waals surface area contributed by atoms with Gasteiger partial charge in [-0.3, -0.25) is 0 Å². The van der Waals surface area contributed by atoms with Gasteiger partial charge >= 0.3 is 0 Å². The van der Waals surface area contributed by atoms with Crippen LogP contribution in [0.15, 0.2) is 0 Å². The van der Waals surface area contributed by atoms with Gasteiger partial charge in [-0.05, 0) is 35.5 Å². The number of rotatable bonds is 7. The molecule has 0 aromatic carbocycles. The van der Waals surface area contributed by atoms with E-state index < -0.39 is 0 Å². The Balaban J connectivity index is 2.12. The largest absolute Gasteiger partial charge is 0.0628 e. The van der Waals surface area contributed by atoms with E-state index in [2.05, 4.69) is 41.5 Å². The van der Waals surface area contributed by atoms with E-state index in [1.807, 2.05) is 0 Å². The third-order valence-electron chi connectivity index (χ3n) is 5.10. The molecule has 0 N–H and O–H groups in total. The predicted octanol–water partition coefficient (Wildman–Crippen LogP) is 5.38. The van der Waals surface area contributed by atoms with Gasteiger partial charge in [-0.2, -0.15) is 0 Å². The summed E-state index contributed by atoms with van der Waals surface area (Å²) in [5, 5.41) is 0. The summed E-state index contributed by atoms with van der Waals surface area (Å²) in [6.07, 6.45) is 5.74. The first-order valence-electron chi connectivity index (χ1n) is 7.45. The highest BCUT2D eigenvalue weighted by atomic mass is 14.5. The fraction of sp³-hybridized carbons (Fsp3) is 1.00. The fourth-order valence-electron chi connectivity index (χ4n) is 3.32. The lowest BCUT2D eigenvalue weighted by Crippen LogP contribution is -2.11. The molecule has 0 radical (unpaired) electrons. The second-order valence-corrected chi connectivity index (χ2v) is 6.81. The molecule has 0 aliphatic heterocycles. The van der Waals surface area contributed by atoms with E-state index in [0.29, 0.717) is 0 Å². The summed E-state index contributed by atoms with van der Waals surface area (Å²) in [6.45, 7) is 14.5. The van der Waals surface area contributed by atoms with E-state index in [9.17, 15) is 0 Å². The van der Waals surface area contributed by atoms with Crippen molar-refractivity contribution in [3.63, 3.8) is 0 Å². The minimum Gasteiger partial charge on any atom is -0.0628 e. The van der Waals surface area contributed by atoms with E-state index in [1.54, 1.807) is 0 Å². The van der Waals surface area contributed by atoms with Crippen LogP contribution in [-0.2, 0) is 0 Å². The average Bonchev–Trinajstić information content (AvgIpc) is 2.80. The van der Waals surface area contributed by atoms with Crippen LogP contribution in [0.3, 0.4) is 0 Å². The van der Waals surface area contributed by atoms with Crippen LogP contribution in [-0.4, -0.2) is 0 Å². The van der Waals surface area contributed by atoms with Crippen LogP contribution in [0.2, 0.25) is 0 Å². The Morgan fingerprint density at radius 2 is 1.31 bits per heavy atom. The summed E-state index contributed by atoms with van der Waals surface area (Å²) >= 11 is 0. The summed E-state index contributed by atoms with van der Waals surface area (Å²) in [5.41, 5.74) is 0. The van der Waals surface area contributed by atoms with E-state index in [-0.39, 0.29) is 0 Å². The summed E-state index contributed by atoms with van der Waals surface area (Å²) in [5.74, 6) is 5.78. The molecule has 0 amide bonds. The molecule has 0 saturated heterocycles. The Labute approximate surface area is 103 Å². The molecule has 1 saturated carbocycles. The van der Waals surface area contributed by atoms with Gasteiger partial charge in [0.1, 0.15) is 0 Å². The topological polar surface area (TPSA) is 0 Å². The quantitative estimate of drug-likeness (QED) is 0.509. The maximum atomic E-state index is 2.48. The minimum absolute atomic E-state index is 0.885. The maximum absolute atomic E-state index is 2.48. The van der Waals surface area contributed by atoms with Gasteiger partial charge in [0.15, 0.2) is 0 Å². The van der Waals surface area contributed by atoms with Crippen LogP contribution in [0.25, 0.3) is 0 Å². The standard InChI is InChI=1S/C16H32/c1-11(2)9-7-8-10-12(3)13(4)16-14(5)15(16)6/h11-16H,7-10H2,1-6H3.